The van der Waals surface area contributed by atoms with Gasteiger partial charge in [-0.3, -0.25) is 9.69 Å². The van der Waals surface area contributed by atoms with Crippen LogP contribution in [-0.4, -0.2) is 32.4 Å². The Morgan fingerprint density at radius 1 is 0.971 bits per heavy atom. The number of methoxy groups -OCH3 is 2. The first-order valence-electron chi connectivity index (χ1n) is 11.1. The minimum Gasteiger partial charge on any atom is -0.493 e. The molecule has 0 unspecified atom stereocenters. The molecule has 1 aliphatic heterocycles. The first-order chi connectivity index (χ1) is 17.1. The van der Waals surface area contributed by atoms with Crippen molar-refractivity contribution in [2.45, 2.75) is 13.0 Å². The molecule has 1 aliphatic rings. The van der Waals surface area contributed by atoms with E-state index in [4.69, 9.17) is 23.4 Å². The zero-order chi connectivity index (χ0) is 24.4. The number of fused-ring (bicyclic) bond motifs is 3. The van der Waals surface area contributed by atoms with Crippen LogP contribution in [0.15, 0.2) is 74.5 Å². The van der Waals surface area contributed by atoms with Crippen LogP contribution >= 0.6 is 15.9 Å². The summed E-state index contributed by atoms with van der Waals surface area (Å²) in [5, 5.41) is 0.457. The van der Waals surface area contributed by atoms with Crippen molar-refractivity contribution < 1.29 is 23.4 Å². The van der Waals surface area contributed by atoms with E-state index in [2.05, 4.69) is 20.8 Å². The summed E-state index contributed by atoms with van der Waals surface area (Å²) < 4.78 is 29.2. The van der Waals surface area contributed by atoms with Crippen LogP contribution in [0.25, 0.3) is 11.0 Å². The van der Waals surface area contributed by atoms with Crippen LogP contribution in [0.3, 0.4) is 0 Å². The van der Waals surface area contributed by atoms with Crippen molar-refractivity contribution in [2.75, 3.05) is 27.5 Å². The summed E-state index contributed by atoms with van der Waals surface area (Å²) in [6, 6.07) is 16.8. The Morgan fingerprint density at radius 3 is 2.60 bits per heavy atom. The van der Waals surface area contributed by atoms with E-state index >= 15 is 0 Å². The fourth-order valence-electron chi connectivity index (χ4n) is 4.12. The average molecular weight is 538 g/mol. The van der Waals surface area contributed by atoms with E-state index in [1.807, 2.05) is 42.5 Å². The lowest BCUT2D eigenvalue weighted by molar-refractivity contribution is 0.0968. The lowest BCUT2D eigenvalue weighted by Gasteiger charge is -2.29. The van der Waals surface area contributed by atoms with E-state index in [9.17, 15) is 4.79 Å². The van der Waals surface area contributed by atoms with Gasteiger partial charge in [0.2, 0.25) is 11.2 Å². The van der Waals surface area contributed by atoms with E-state index in [0.717, 1.165) is 34.3 Å². The number of ether oxygens (including phenoxy) is 4. The maximum Gasteiger partial charge on any atom is 0.235 e. The molecule has 0 radical (unpaired) electrons. The Hall–Kier alpha value is -3.49. The summed E-state index contributed by atoms with van der Waals surface area (Å²) in [5.74, 6) is 2.81. The quantitative estimate of drug-likeness (QED) is 0.296. The van der Waals surface area contributed by atoms with Gasteiger partial charge in [-0.1, -0.05) is 18.2 Å². The van der Waals surface area contributed by atoms with Gasteiger partial charge in [0.25, 0.3) is 0 Å². The van der Waals surface area contributed by atoms with E-state index in [1.54, 1.807) is 26.4 Å². The molecule has 0 aliphatic carbocycles. The summed E-state index contributed by atoms with van der Waals surface area (Å²) in [6.07, 6.45) is 2.17. The summed E-state index contributed by atoms with van der Waals surface area (Å²) in [6.45, 7) is 1.82. The highest BCUT2D eigenvalue weighted by molar-refractivity contribution is 9.10. The molecule has 0 saturated carbocycles. The summed E-state index contributed by atoms with van der Waals surface area (Å²) >= 11 is 3.44. The number of halogens is 1. The maximum atomic E-state index is 13.2. The van der Waals surface area contributed by atoms with Crippen LogP contribution in [0.4, 0.5) is 0 Å². The largest absolute Gasteiger partial charge is 0.493 e. The van der Waals surface area contributed by atoms with Crippen molar-refractivity contribution in [1.29, 1.82) is 0 Å². The minimum atomic E-state index is -0.229. The molecule has 5 rings (SSSR count). The van der Waals surface area contributed by atoms with Gasteiger partial charge in [0.1, 0.15) is 30.1 Å². The number of rotatable bonds is 7. The lowest BCUT2D eigenvalue weighted by atomic mass is 10.1. The smallest absolute Gasteiger partial charge is 0.235 e. The lowest BCUT2D eigenvalue weighted by Crippen LogP contribution is -2.33. The second kappa shape index (κ2) is 10.0. The van der Waals surface area contributed by atoms with Crippen molar-refractivity contribution in [3.63, 3.8) is 0 Å². The van der Waals surface area contributed by atoms with E-state index in [0.29, 0.717) is 41.5 Å². The Morgan fingerprint density at radius 2 is 1.80 bits per heavy atom. The average Bonchev–Trinajstić information content (AvgIpc) is 2.89. The van der Waals surface area contributed by atoms with E-state index < -0.39 is 0 Å². The zero-order valence-electron chi connectivity index (χ0n) is 19.4. The van der Waals surface area contributed by atoms with Crippen molar-refractivity contribution in [1.82, 2.24) is 4.90 Å². The third kappa shape index (κ3) is 4.72. The predicted octanol–water partition coefficient (Wildman–Crippen LogP) is 5.76. The zero-order valence-corrected chi connectivity index (χ0v) is 21.0. The number of hydrogen-bond donors (Lipinski definition) is 0. The Balaban J connectivity index is 1.36. The SMILES string of the molecule is COc1ccc(CCN2COc3ccc4c(=O)c(Oc5ccccc5Br)coc4c3C2)cc1OC. The molecular weight excluding hydrogens is 514 g/mol. The highest BCUT2D eigenvalue weighted by Crippen LogP contribution is 2.34. The molecule has 8 heteroatoms. The second-order valence-corrected chi connectivity index (χ2v) is 9.00. The Kier molecular flexibility index (Phi) is 6.66. The van der Waals surface area contributed by atoms with Crippen LogP contribution in [-0.2, 0) is 13.0 Å². The van der Waals surface area contributed by atoms with Gasteiger partial charge in [0.05, 0.1) is 29.6 Å². The highest BCUT2D eigenvalue weighted by atomic mass is 79.9. The maximum absolute atomic E-state index is 13.2. The number of hydrogen-bond acceptors (Lipinski definition) is 7. The molecule has 0 saturated heterocycles. The van der Waals surface area contributed by atoms with Crippen LogP contribution < -0.4 is 24.4 Å². The van der Waals surface area contributed by atoms with Crippen LogP contribution in [0, 0.1) is 0 Å². The molecule has 0 amide bonds. The van der Waals surface area contributed by atoms with Crippen molar-refractivity contribution in [2.24, 2.45) is 0 Å². The highest BCUT2D eigenvalue weighted by Gasteiger charge is 2.23. The molecule has 35 heavy (non-hydrogen) atoms. The molecule has 0 atom stereocenters. The fraction of sp³-hybridized carbons (Fsp3) is 0.222. The van der Waals surface area contributed by atoms with Gasteiger partial charge in [0.15, 0.2) is 11.5 Å². The second-order valence-electron chi connectivity index (χ2n) is 8.15. The van der Waals surface area contributed by atoms with E-state index in [-0.39, 0.29) is 11.2 Å². The molecule has 4 aromatic rings. The molecule has 0 bridgehead atoms. The first-order valence-corrected chi connectivity index (χ1v) is 11.9. The number of para-hydroxylation sites is 1. The van der Waals surface area contributed by atoms with Gasteiger partial charge in [-0.05, 0) is 64.3 Å². The van der Waals surface area contributed by atoms with Crippen molar-refractivity contribution in [3.8, 4) is 28.7 Å². The van der Waals surface area contributed by atoms with Crippen molar-refractivity contribution >= 4 is 26.9 Å². The third-order valence-corrected chi connectivity index (χ3v) is 6.63. The number of benzene rings is 3. The van der Waals surface area contributed by atoms with E-state index in [1.165, 1.54) is 6.26 Å². The van der Waals surface area contributed by atoms with Crippen LogP contribution in [0.2, 0.25) is 0 Å². The molecule has 7 nitrogen and oxygen atoms in total. The standard InChI is InChI=1S/C27H24BrNO6/c1-31-23-9-7-17(13-24(23)32-2)11-12-29-14-19-21(34-16-29)10-8-18-26(30)25(15-33-27(18)19)35-22-6-4-3-5-20(22)28/h3-10,13,15H,11-12,14,16H2,1-2H3. The Bertz CT molecular complexity index is 1430. The van der Waals surface area contributed by atoms with Crippen LogP contribution in [0.1, 0.15) is 11.1 Å². The van der Waals surface area contributed by atoms with Crippen molar-refractivity contribution in [3.05, 3.63) is 86.7 Å². The summed E-state index contributed by atoms with van der Waals surface area (Å²) in [4.78, 5) is 15.3. The predicted molar refractivity (Wildman–Crippen MR) is 136 cm³/mol. The summed E-state index contributed by atoms with van der Waals surface area (Å²) in [7, 11) is 3.25. The minimum absolute atomic E-state index is 0.131. The third-order valence-electron chi connectivity index (χ3n) is 5.98. The van der Waals surface area contributed by atoms with Gasteiger partial charge < -0.3 is 23.4 Å². The molecule has 3 aromatic carbocycles. The van der Waals surface area contributed by atoms with Crippen LogP contribution in [0.5, 0.6) is 28.7 Å². The normalized spacial score (nSPS) is 13.2. The summed E-state index contributed by atoms with van der Waals surface area (Å²) in [5.41, 5.74) is 2.27. The number of nitrogens with zero attached hydrogens (tertiary/aromatic N) is 1. The topological polar surface area (TPSA) is 70.4 Å². The van der Waals surface area contributed by atoms with Gasteiger partial charge >= 0.3 is 0 Å². The molecule has 0 fully saturated rings. The molecule has 180 valence electrons. The molecule has 0 spiro atoms. The monoisotopic (exact) mass is 537 g/mol. The molecular formula is C27H24BrNO6. The van der Waals surface area contributed by atoms with Gasteiger partial charge in [0, 0.05) is 13.1 Å². The molecule has 1 aromatic heterocycles. The molecule has 2 heterocycles. The van der Waals surface area contributed by atoms with Gasteiger partial charge in [-0.15, -0.1) is 0 Å². The van der Waals surface area contributed by atoms with Gasteiger partial charge in [-0.2, -0.15) is 0 Å². The van der Waals surface area contributed by atoms with Gasteiger partial charge in [-0.25, -0.2) is 0 Å². The molecule has 0 N–H and O–H groups in total. The Labute approximate surface area is 210 Å². The fourth-order valence-corrected chi connectivity index (χ4v) is 4.49. The first kappa shape index (κ1) is 23.3.